The summed E-state index contributed by atoms with van der Waals surface area (Å²) in [4.78, 5) is 10.2. The van der Waals surface area contributed by atoms with Gasteiger partial charge in [-0.15, -0.1) is 0 Å². The summed E-state index contributed by atoms with van der Waals surface area (Å²) in [6.45, 7) is 8.55. The molecule has 0 bridgehead atoms. The Labute approximate surface area is 169 Å². The van der Waals surface area contributed by atoms with Crippen molar-refractivity contribution in [2.45, 2.75) is 31.8 Å². The zero-order valence-electron chi connectivity index (χ0n) is 16.7. The zero-order valence-corrected chi connectivity index (χ0v) is 16.7. The van der Waals surface area contributed by atoms with Gasteiger partial charge in [-0.3, -0.25) is 9.58 Å². The molecule has 3 aliphatic rings. The molecule has 3 fully saturated rings. The van der Waals surface area contributed by atoms with Crippen molar-refractivity contribution in [3.63, 3.8) is 0 Å². The summed E-state index contributed by atoms with van der Waals surface area (Å²) in [5, 5.41) is 15.1. The maximum absolute atomic E-state index is 9.33. The topological polar surface area (TPSA) is 82.8 Å². The van der Waals surface area contributed by atoms with Crippen LogP contribution in [0.15, 0.2) is 24.5 Å². The van der Waals surface area contributed by atoms with Gasteiger partial charge in [0, 0.05) is 54.1 Å². The summed E-state index contributed by atoms with van der Waals surface area (Å²) in [5.41, 5.74) is 4.63. The van der Waals surface area contributed by atoms with Gasteiger partial charge in [-0.1, -0.05) is 0 Å². The fourth-order valence-corrected chi connectivity index (χ4v) is 5.18. The number of piperidine rings is 1. The minimum atomic E-state index is 0.315. The van der Waals surface area contributed by atoms with Gasteiger partial charge in [0.25, 0.3) is 0 Å². The van der Waals surface area contributed by atoms with Crippen molar-refractivity contribution in [2.24, 2.45) is 11.8 Å². The molecule has 1 aliphatic carbocycles. The van der Waals surface area contributed by atoms with E-state index in [2.05, 4.69) is 45.5 Å². The smallest absolute Gasteiger partial charge is 0.138 e. The Kier molecular flexibility index (Phi) is 3.65. The third-order valence-corrected chi connectivity index (χ3v) is 6.90. The number of aromatic nitrogens is 4. The van der Waals surface area contributed by atoms with Gasteiger partial charge >= 0.3 is 0 Å². The number of H-pyrrole nitrogens is 1. The lowest BCUT2D eigenvalue weighted by Gasteiger charge is -2.35. The average Bonchev–Trinajstić information content (AvgIpc) is 3.10. The van der Waals surface area contributed by atoms with E-state index in [0.717, 1.165) is 47.3 Å². The zero-order chi connectivity index (χ0) is 19.7. The third kappa shape index (κ3) is 2.56. The molecule has 7 heteroatoms. The molecule has 1 unspecified atom stereocenters. The van der Waals surface area contributed by atoms with Crippen LogP contribution in [0.4, 0.5) is 0 Å². The minimum absolute atomic E-state index is 0.315. The fraction of sp³-hybridized carbons (Fsp3) is 0.500. The number of ether oxygens (including phenoxy) is 1. The first kappa shape index (κ1) is 17.2. The number of hydrogen-bond donors (Lipinski definition) is 1. The Balaban J connectivity index is 1.32. The first-order valence-corrected chi connectivity index (χ1v) is 10.4. The summed E-state index contributed by atoms with van der Waals surface area (Å²) < 4.78 is 7.56. The van der Waals surface area contributed by atoms with Gasteiger partial charge in [0.2, 0.25) is 0 Å². The van der Waals surface area contributed by atoms with Crippen LogP contribution in [0, 0.1) is 23.2 Å². The van der Waals surface area contributed by atoms with E-state index in [-0.39, 0.29) is 0 Å². The maximum Gasteiger partial charge on any atom is 0.138 e. The molecule has 0 aromatic carbocycles. The van der Waals surface area contributed by atoms with Crippen LogP contribution in [-0.2, 0) is 4.74 Å². The minimum Gasteiger partial charge on any atom is -0.378 e. The second-order valence-electron chi connectivity index (χ2n) is 8.93. The molecule has 7 nitrogen and oxygen atoms in total. The lowest BCUT2D eigenvalue weighted by Crippen LogP contribution is -2.48. The molecule has 2 aliphatic heterocycles. The number of likely N-dealkylation sites (tertiary alicyclic amines) is 1. The summed E-state index contributed by atoms with van der Waals surface area (Å²) in [6.07, 6.45) is 3.56. The van der Waals surface area contributed by atoms with Crippen LogP contribution in [0.1, 0.15) is 37.1 Å². The van der Waals surface area contributed by atoms with E-state index < -0.39 is 0 Å². The molecule has 0 spiro atoms. The number of nitrogens with zero attached hydrogens (tertiary/aromatic N) is 5. The Morgan fingerprint density at radius 2 is 2.03 bits per heavy atom. The Hall–Kier alpha value is -2.69. The summed E-state index contributed by atoms with van der Waals surface area (Å²) in [5.74, 6) is 2.09. The lowest BCUT2D eigenvalue weighted by molar-refractivity contribution is -0.0610. The van der Waals surface area contributed by atoms with Gasteiger partial charge in [0.1, 0.15) is 11.7 Å². The van der Waals surface area contributed by atoms with Gasteiger partial charge < -0.3 is 9.72 Å². The van der Waals surface area contributed by atoms with Gasteiger partial charge in [-0.25, -0.2) is 4.98 Å². The lowest BCUT2D eigenvalue weighted by atomic mass is 10.1. The maximum atomic E-state index is 9.33. The van der Waals surface area contributed by atoms with E-state index in [1.54, 1.807) is 6.20 Å². The van der Waals surface area contributed by atoms with Crippen molar-refractivity contribution in [1.29, 1.82) is 5.26 Å². The molecule has 1 saturated carbocycles. The first-order chi connectivity index (χ1) is 14.1. The monoisotopic (exact) mass is 388 g/mol. The molecule has 3 aromatic heterocycles. The van der Waals surface area contributed by atoms with E-state index in [1.165, 1.54) is 18.8 Å². The van der Waals surface area contributed by atoms with Gasteiger partial charge in [0.05, 0.1) is 30.5 Å². The highest BCUT2D eigenvalue weighted by atomic mass is 16.5. The number of nitrogens with one attached hydrogen (secondary N) is 1. The second kappa shape index (κ2) is 6.15. The average molecular weight is 388 g/mol. The van der Waals surface area contributed by atoms with Crippen LogP contribution in [0.5, 0.6) is 0 Å². The Bertz CT molecular complexity index is 1120. The second-order valence-corrected chi connectivity index (χ2v) is 8.93. The quantitative estimate of drug-likeness (QED) is 0.743. The molecule has 0 amide bonds. The van der Waals surface area contributed by atoms with Crippen LogP contribution in [-0.4, -0.2) is 57.0 Å². The summed E-state index contributed by atoms with van der Waals surface area (Å²) >= 11 is 0. The first-order valence-electron chi connectivity index (χ1n) is 10.4. The molecule has 29 heavy (non-hydrogen) atoms. The van der Waals surface area contributed by atoms with Crippen molar-refractivity contribution in [3.8, 4) is 17.3 Å². The molecule has 6 rings (SSSR count). The Morgan fingerprint density at radius 3 is 2.69 bits per heavy atom. The van der Waals surface area contributed by atoms with Crippen LogP contribution in [0.2, 0.25) is 0 Å². The van der Waals surface area contributed by atoms with E-state index in [9.17, 15) is 5.26 Å². The van der Waals surface area contributed by atoms with Crippen molar-refractivity contribution >= 4 is 11.0 Å². The number of rotatable bonds is 4. The highest BCUT2D eigenvalue weighted by molar-refractivity contribution is 5.86. The van der Waals surface area contributed by atoms with Crippen molar-refractivity contribution in [1.82, 2.24) is 24.6 Å². The molecule has 0 radical (unpaired) electrons. The number of nitriles is 1. The molecule has 2 saturated heterocycles. The molecule has 1 N–H and O–H groups in total. The van der Waals surface area contributed by atoms with Gasteiger partial charge in [0.15, 0.2) is 0 Å². The summed E-state index contributed by atoms with van der Waals surface area (Å²) in [6, 6.07) is 7.47. The van der Waals surface area contributed by atoms with E-state index in [1.807, 2.05) is 12.3 Å². The molecule has 5 heterocycles. The van der Waals surface area contributed by atoms with E-state index in [0.29, 0.717) is 23.6 Å². The van der Waals surface area contributed by atoms with Crippen LogP contribution < -0.4 is 0 Å². The molecule has 148 valence electrons. The number of fused-ring (bicyclic) bond motifs is 2. The number of hydrogen-bond acceptors (Lipinski definition) is 5. The number of aromatic amines is 1. The van der Waals surface area contributed by atoms with Crippen molar-refractivity contribution < 1.29 is 4.74 Å². The Morgan fingerprint density at radius 1 is 1.24 bits per heavy atom. The predicted molar refractivity (Wildman–Crippen MR) is 108 cm³/mol. The van der Waals surface area contributed by atoms with E-state index in [4.69, 9.17) is 9.84 Å². The fourth-order valence-electron chi connectivity index (χ4n) is 5.18. The molecular formula is C22H24N6O. The third-order valence-electron chi connectivity index (χ3n) is 6.90. The van der Waals surface area contributed by atoms with Crippen molar-refractivity contribution in [2.75, 3.05) is 26.3 Å². The molecule has 3 aromatic rings. The summed E-state index contributed by atoms with van der Waals surface area (Å²) in [7, 11) is 0. The predicted octanol–water partition coefficient (Wildman–Crippen LogP) is 2.92. The van der Waals surface area contributed by atoms with Crippen LogP contribution in [0.3, 0.4) is 0 Å². The largest absolute Gasteiger partial charge is 0.378 e. The van der Waals surface area contributed by atoms with Gasteiger partial charge in [-0.2, -0.15) is 10.4 Å². The van der Waals surface area contributed by atoms with Crippen molar-refractivity contribution in [3.05, 3.63) is 35.8 Å². The van der Waals surface area contributed by atoms with Gasteiger partial charge in [-0.05, 0) is 37.8 Å². The molecular weight excluding hydrogens is 364 g/mol. The van der Waals surface area contributed by atoms with E-state index >= 15 is 0 Å². The molecule has 3 atom stereocenters. The number of pyridine rings is 1. The standard InChI is InChI=1S/C22H24N6O/c1-12(2)28-20(21-17-8-27(9-18(17)21)15-10-29-11-15)4-19(26-28)13-3-16-14(5-23)7-25-22(16)24-6-13/h3-4,6-7,12,15,17-18,21H,8-11H2,1-2H3,(H,24,25)/t17-,18+,21?. The van der Waals surface area contributed by atoms with Crippen LogP contribution >= 0.6 is 0 Å². The van der Waals surface area contributed by atoms with Crippen LogP contribution in [0.25, 0.3) is 22.3 Å². The SMILES string of the molecule is CC(C)n1nc(-c2cnc3[nH]cc(C#N)c3c2)cc1C1[C@H]2CN(C3COC3)C[C@@H]12. The highest BCUT2D eigenvalue weighted by Gasteiger charge is 2.58. The highest BCUT2D eigenvalue weighted by Crippen LogP contribution is 2.59. The normalized spacial score (nSPS) is 26.6.